The Morgan fingerprint density at radius 2 is 1.16 bits per heavy atom. The highest BCUT2D eigenvalue weighted by molar-refractivity contribution is 7.26. The Kier molecular flexibility index (Phi) is 5.64. The second kappa shape index (κ2) is 9.97. The number of fused-ring (bicyclic) bond motifs is 7. The number of aromatic nitrogens is 4. The molecule has 3 aromatic heterocycles. The monoisotopic (exact) mass is 580 g/mol. The minimum atomic E-state index is 0.660. The van der Waals surface area contributed by atoms with Gasteiger partial charge in [-0.25, -0.2) is 15.0 Å². The summed E-state index contributed by atoms with van der Waals surface area (Å²) >= 11 is 1.88. The smallest absolute Gasteiger partial charge is 0.163 e. The third-order valence-electron chi connectivity index (χ3n) is 8.35. The van der Waals surface area contributed by atoms with Crippen LogP contribution in [0.5, 0.6) is 0 Å². The molecule has 0 amide bonds. The molecule has 0 aliphatic heterocycles. The molecule has 5 heteroatoms. The van der Waals surface area contributed by atoms with Crippen LogP contribution in [0.4, 0.5) is 0 Å². The van der Waals surface area contributed by atoms with Crippen LogP contribution >= 0.6 is 11.3 Å². The summed E-state index contributed by atoms with van der Waals surface area (Å²) in [5.41, 5.74) is 7.74. The van der Waals surface area contributed by atoms with Crippen LogP contribution in [0, 0.1) is 0 Å². The van der Waals surface area contributed by atoms with E-state index < -0.39 is 0 Å². The maximum Gasteiger partial charge on any atom is 0.163 e. The summed E-state index contributed by atoms with van der Waals surface area (Å²) in [4.78, 5) is 13.7. The minimum Gasteiger partial charge on any atom is -0.309 e. The van der Waals surface area contributed by atoms with Crippen LogP contribution in [0.1, 0.15) is 0 Å². The molecule has 0 radical (unpaired) electrons. The van der Waals surface area contributed by atoms with Gasteiger partial charge in [-0.05, 0) is 47.5 Å². The topological polar surface area (TPSA) is 43.6 Å². The predicted octanol–water partition coefficient (Wildman–Crippen LogP) is 10.3. The third kappa shape index (κ3) is 3.94. The third-order valence-corrected chi connectivity index (χ3v) is 9.55. The Labute approximate surface area is 257 Å². The van der Waals surface area contributed by atoms with Gasteiger partial charge in [-0.15, -0.1) is 11.3 Å². The van der Waals surface area contributed by atoms with Crippen molar-refractivity contribution in [2.45, 2.75) is 0 Å². The number of benzene rings is 6. The first-order chi connectivity index (χ1) is 21.8. The summed E-state index contributed by atoms with van der Waals surface area (Å²) in [6.07, 6.45) is 1.59. The van der Waals surface area contributed by atoms with Gasteiger partial charge in [0.05, 0.1) is 11.0 Å². The summed E-state index contributed by atoms with van der Waals surface area (Å²) in [5.74, 6) is 1.33. The van der Waals surface area contributed by atoms with Crippen LogP contribution in [-0.2, 0) is 0 Å². The summed E-state index contributed by atoms with van der Waals surface area (Å²) in [6.45, 7) is 0. The molecule has 0 aliphatic carbocycles. The normalized spacial score (nSPS) is 11.6. The maximum atomic E-state index is 4.80. The second-order valence-corrected chi connectivity index (χ2v) is 12.0. The number of rotatable bonds is 4. The van der Waals surface area contributed by atoms with Crippen LogP contribution < -0.4 is 0 Å². The fourth-order valence-electron chi connectivity index (χ4n) is 6.32. The molecule has 0 unspecified atom stereocenters. The lowest BCUT2D eigenvalue weighted by molar-refractivity contribution is 1.07. The van der Waals surface area contributed by atoms with E-state index in [2.05, 4.69) is 124 Å². The average Bonchev–Trinajstić information content (AvgIpc) is 3.64. The van der Waals surface area contributed by atoms with Crippen molar-refractivity contribution < 1.29 is 0 Å². The van der Waals surface area contributed by atoms with Gasteiger partial charge in [-0.1, -0.05) is 103 Å². The number of hydrogen-bond acceptors (Lipinski definition) is 4. The molecule has 0 bridgehead atoms. The molecule has 44 heavy (non-hydrogen) atoms. The molecule has 6 aromatic carbocycles. The lowest BCUT2D eigenvalue weighted by atomic mass is 10.0. The number of hydrogen-bond donors (Lipinski definition) is 0. The van der Waals surface area contributed by atoms with Gasteiger partial charge in [0, 0.05) is 47.8 Å². The molecule has 206 valence electrons. The van der Waals surface area contributed by atoms with Gasteiger partial charge in [-0.2, -0.15) is 0 Å². The van der Waals surface area contributed by atoms with E-state index in [-0.39, 0.29) is 0 Å². The van der Waals surface area contributed by atoms with Crippen molar-refractivity contribution in [1.82, 2.24) is 19.5 Å². The fourth-order valence-corrected chi connectivity index (χ4v) is 7.58. The van der Waals surface area contributed by atoms with Crippen molar-refractivity contribution >= 4 is 53.3 Å². The quantitative estimate of drug-likeness (QED) is 0.208. The van der Waals surface area contributed by atoms with E-state index in [1.165, 1.54) is 42.0 Å². The van der Waals surface area contributed by atoms with Gasteiger partial charge >= 0.3 is 0 Å². The first-order valence-corrected chi connectivity index (χ1v) is 15.4. The van der Waals surface area contributed by atoms with Crippen LogP contribution in [-0.4, -0.2) is 19.5 Å². The summed E-state index contributed by atoms with van der Waals surface area (Å²) in [7, 11) is 0. The van der Waals surface area contributed by atoms with E-state index in [1.54, 1.807) is 6.33 Å². The van der Waals surface area contributed by atoms with Crippen molar-refractivity contribution in [3.05, 3.63) is 146 Å². The van der Waals surface area contributed by atoms with Crippen LogP contribution in [0.25, 0.3) is 81.6 Å². The van der Waals surface area contributed by atoms with E-state index in [4.69, 9.17) is 4.98 Å². The molecule has 0 N–H and O–H groups in total. The molecule has 0 saturated heterocycles. The predicted molar refractivity (Wildman–Crippen MR) is 183 cm³/mol. The summed E-state index contributed by atoms with van der Waals surface area (Å²) in [6, 6.07) is 49.3. The Morgan fingerprint density at radius 3 is 2.02 bits per heavy atom. The first kappa shape index (κ1) is 24.9. The Bertz CT molecular complexity index is 2490. The molecule has 0 saturated carbocycles. The zero-order chi connectivity index (χ0) is 29.0. The lowest BCUT2D eigenvalue weighted by Gasteiger charge is -2.10. The molecule has 0 fully saturated rings. The van der Waals surface area contributed by atoms with Crippen molar-refractivity contribution in [3.8, 4) is 39.6 Å². The van der Waals surface area contributed by atoms with Crippen LogP contribution in [0.2, 0.25) is 0 Å². The molecule has 9 aromatic rings. The van der Waals surface area contributed by atoms with Crippen LogP contribution in [0.3, 0.4) is 0 Å². The molecular weight excluding hydrogens is 557 g/mol. The van der Waals surface area contributed by atoms with Gasteiger partial charge in [-0.3, -0.25) is 0 Å². The number of para-hydroxylation sites is 1. The Morgan fingerprint density at radius 1 is 0.477 bits per heavy atom. The van der Waals surface area contributed by atoms with E-state index in [9.17, 15) is 0 Å². The molecule has 9 rings (SSSR count). The number of nitrogens with zero attached hydrogens (tertiary/aromatic N) is 4. The Hall–Kier alpha value is -5.65. The zero-order valence-corrected chi connectivity index (χ0v) is 24.4. The van der Waals surface area contributed by atoms with Gasteiger partial charge < -0.3 is 4.57 Å². The van der Waals surface area contributed by atoms with Crippen molar-refractivity contribution in [3.63, 3.8) is 0 Å². The van der Waals surface area contributed by atoms with E-state index in [0.717, 1.165) is 27.9 Å². The molecule has 4 nitrogen and oxygen atoms in total. The lowest BCUT2D eigenvalue weighted by Crippen LogP contribution is -1.95. The standard InChI is InChI=1S/C39H24N4S/c1-3-10-25(11-4-1)38-40-24-41-39(42-38)28-13-9-12-26(22-28)27-18-19-32-34(23-27)43(29-14-5-2-6-15-29)33-21-20-31-30-16-7-8-17-35(30)44-37(31)36(32)33/h1-24H. The van der Waals surface area contributed by atoms with Crippen molar-refractivity contribution in [2.24, 2.45) is 0 Å². The van der Waals surface area contributed by atoms with E-state index >= 15 is 0 Å². The minimum absolute atomic E-state index is 0.660. The Balaban J connectivity index is 1.24. The zero-order valence-electron chi connectivity index (χ0n) is 23.6. The average molecular weight is 581 g/mol. The first-order valence-electron chi connectivity index (χ1n) is 14.6. The highest BCUT2D eigenvalue weighted by Crippen LogP contribution is 2.44. The van der Waals surface area contributed by atoms with Gasteiger partial charge in [0.1, 0.15) is 6.33 Å². The SMILES string of the molecule is c1ccc(-c2ncnc(-c3cccc(-c4ccc5c6c7sc8ccccc8c7ccc6n(-c6ccccc6)c5c4)c3)n2)cc1. The second-order valence-electron chi connectivity index (χ2n) is 10.9. The van der Waals surface area contributed by atoms with Gasteiger partial charge in [0.2, 0.25) is 0 Å². The molecule has 0 spiro atoms. The summed E-state index contributed by atoms with van der Waals surface area (Å²) < 4.78 is 5.06. The fraction of sp³-hybridized carbons (Fsp3) is 0. The van der Waals surface area contributed by atoms with E-state index in [1.807, 2.05) is 41.7 Å². The van der Waals surface area contributed by atoms with Crippen molar-refractivity contribution in [2.75, 3.05) is 0 Å². The van der Waals surface area contributed by atoms with Crippen LogP contribution in [0.15, 0.2) is 146 Å². The van der Waals surface area contributed by atoms with Gasteiger partial charge in [0.15, 0.2) is 11.6 Å². The summed E-state index contributed by atoms with van der Waals surface area (Å²) in [5, 5.41) is 5.19. The highest BCUT2D eigenvalue weighted by atomic mass is 32.1. The van der Waals surface area contributed by atoms with E-state index in [0.29, 0.717) is 11.6 Å². The molecule has 0 atom stereocenters. The van der Waals surface area contributed by atoms with Crippen molar-refractivity contribution in [1.29, 1.82) is 0 Å². The van der Waals surface area contributed by atoms with Gasteiger partial charge in [0.25, 0.3) is 0 Å². The largest absolute Gasteiger partial charge is 0.309 e. The number of thiophene rings is 1. The molecule has 3 heterocycles. The molecular formula is C39H24N4S. The molecule has 0 aliphatic rings. The maximum absolute atomic E-state index is 4.80. The highest BCUT2D eigenvalue weighted by Gasteiger charge is 2.18.